The van der Waals surface area contributed by atoms with E-state index in [0.29, 0.717) is 25.1 Å². The minimum absolute atomic E-state index is 0.0545. The van der Waals surface area contributed by atoms with Crippen LogP contribution in [0.15, 0.2) is 47.0 Å². The highest BCUT2D eigenvalue weighted by molar-refractivity contribution is 5.97. The van der Waals surface area contributed by atoms with E-state index in [2.05, 4.69) is 27.7 Å². The number of likely N-dealkylation sites (N-methyl/N-ethyl adjacent to an activating group) is 1. The molecule has 1 aromatic heterocycles. The molecule has 12 nitrogen and oxygen atoms in total. The molecule has 214 valence electrons. The molecule has 4 N–H and O–H groups in total. The third kappa shape index (κ3) is 9.67. The SMILES string of the molecule is C=C(C#N)C(=O)N(C)CCCC[C@H](NC(=O)[C@@H](NC(=O)c1cc(C)on1)[C@@H](C)O)C(=O)NCc1ccc(C)cc1. The van der Waals surface area contributed by atoms with E-state index in [4.69, 9.17) is 9.78 Å². The highest BCUT2D eigenvalue weighted by atomic mass is 16.5. The Bertz CT molecular complexity index is 1250. The largest absolute Gasteiger partial charge is 0.391 e. The van der Waals surface area contributed by atoms with Crippen molar-refractivity contribution >= 4 is 23.6 Å². The molecule has 4 amide bonds. The molecule has 0 spiro atoms. The van der Waals surface area contributed by atoms with Gasteiger partial charge >= 0.3 is 0 Å². The molecule has 0 saturated heterocycles. The van der Waals surface area contributed by atoms with Gasteiger partial charge in [-0.3, -0.25) is 19.2 Å². The smallest absolute Gasteiger partial charge is 0.274 e. The molecule has 0 bridgehead atoms. The number of rotatable bonds is 14. The number of aliphatic hydroxyl groups excluding tert-OH is 1. The zero-order valence-electron chi connectivity index (χ0n) is 23.2. The van der Waals surface area contributed by atoms with Gasteiger partial charge in [0, 0.05) is 26.2 Å². The van der Waals surface area contributed by atoms with Crippen molar-refractivity contribution in [1.82, 2.24) is 26.0 Å². The number of nitrogens with one attached hydrogen (secondary N) is 3. The fourth-order valence-corrected chi connectivity index (χ4v) is 3.72. The van der Waals surface area contributed by atoms with Gasteiger partial charge in [0.1, 0.15) is 29.5 Å². The molecule has 2 aromatic rings. The molecular formula is C28H36N6O6. The summed E-state index contributed by atoms with van der Waals surface area (Å²) in [5.41, 5.74) is 1.73. The van der Waals surface area contributed by atoms with Crippen molar-refractivity contribution in [3.8, 4) is 6.07 Å². The van der Waals surface area contributed by atoms with Crippen molar-refractivity contribution < 1.29 is 28.8 Å². The molecule has 0 aliphatic heterocycles. The first-order valence-corrected chi connectivity index (χ1v) is 12.8. The summed E-state index contributed by atoms with van der Waals surface area (Å²) < 4.78 is 4.89. The van der Waals surface area contributed by atoms with Gasteiger partial charge in [-0.15, -0.1) is 0 Å². The van der Waals surface area contributed by atoms with Crippen molar-refractivity contribution in [3.63, 3.8) is 0 Å². The van der Waals surface area contributed by atoms with Crippen LogP contribution in [0.4, 0.5) is 0 Å². The van der Waals surface area contributed by atoms with E-state index in [1.54, 1.807) is 20.0 Å². The summed E-state index contributed by atoms with van der Waals surface area (Å²) in [7, 11) is 1.55. The van der Waals surface area contributed by atoms with E-state index in [0.717, 1.165) is 11.1 Å². The van der Waals surface area contributed by atoms with E-state index in [-0.39, 0.29) is 24.2 Å². The lowest BCUT2D eigenvalue weighted by Gasteiger charge is -2.25. The second kappa shape index (κ2) is 15.2. The molecule has 1 heterocycles. The Balaban J connectivity index is 2.08. The predicted molar refractivity (Wildman–Crippen MR) is 145 cm³/mol. The second-order valence-corrected chi connectivity index (χ2v) is 9.59. The number of nitrogens with zero attached hydrogens (tertiary/aromatic N) is 3. The summed E-state index contributed by atoms with van der Waals surface area (Å²) in [4.78, 5) is 52.2. The monoisotopic (exact) mass is 552 g/mol. The number of benzene rings is 1. The lowest BCUT2D eigenvalue weighted by atomic mass is 10.1. The van der Waals surface area contributed by atoms with Crippen molar-refractivity contribution in [2.24, 2.45) is 0 Å². The van der Waals surface area contributed by atoms with Crippen LogP contribution in [0.2, 0.25) is 0 Å². The van der Waals surface area contributed by atoms with Gasteiger partial charge in [0.05, 0.1) is 6.10 Å². The van der Waals surface area contributed by atoms with Crippen molar-refractivity contribution in [2.45, 2.75) is 64.8 Å². The van der Waals surface area contributed by atoms with Gasteiger partial charge in [0.2, 0.25) is 11.8 Å². The number of aromatic nitrogens is 1. The van der Waals surface area contributed by atoms with Gasteiger partial charge in [-0.05, 0) is 45.6 Å². The molecule has 12 heteroatoms. The topological polar surface area (TPSA) is 178 Å². The van der Waals surface area contributed by atoms with Crippen LogP contribution in [0.1, 0.15) is 53.6 Å². The molecule has 0 fully saturated rings. The summed E-state index contributed by atoms with van der Waals surface area (Å²) in [6.07, 6.45) is -0.124. The summed E-state index contributed by atoms with van der Waals surface area (Å²) in [5.74, 6) is -2.00. The number of carbonyl (C=O) groups is 4. The minimum Gasteiger partial charge on any atom is -0.391 e. The molecule has 0 aliphatic rings. The first-order valence-electron chi connectivity index (χ1n) is 12.8. The molecule has 3 atom stereocenters. The Labute approximate surface area is 233 Å². The van der Waals surface area contributed by atoms with Crippen LogP contribution >= 0.6 is 0 Å². The Kier molecular flexibility index (Phi) is 12.0. The van der Waals surface area contributed by atoms with Gasteiger partial charge in [-0.2, -0.15) is 5.26 Å². The van der Waals surface area contributed by atoms with Crippen LogP contribution in [0.3, 0.4) is 0 Å². The summed E-state index contributed by atoms with van der Waals surface area (Å²) in [5, 5.41) is 30.6. The lowest BCUT2D eigenvalue weighted by Crippen LogP contribution is -2.57. The highest BCUT2D eigenvalue weighted by Crippen LogP contribution is 2.09. The average Bonchev–Trinajstić information content (AvgIpc) is 3.37. The maximum absolute atomic E-state index is 13.1. The maximum atomic E-state index is 13.1. The molecule has 0 unspecified atom stereocenters. The van der Waals surface area contributed by atoms with Gasteiger partial charge in [0.25, 0.3) is 11.8 Å². The Morgan fingerprint density at radius 1 is 1.12 bits per heavy atom. The molecule has 2 rings (SSSR count). The van der Waals surface area contributed by atoms with Gasteiger partial charge < -0.3 is 30.5 Å². The van der Waals surface area contributed by atoms with Gasteiger partial charge in [-0.25, -0.2) is 0 Å². The number of aliphatic hydroxyl groups is 1. The lowest BCUT2D eigenvalue weighted by molar-refractivity contribution is -0.131. The maximum Gasteiger partial charge on any atom is 0.274 e. The van der Waals surface area contributed by atoms with Crippen molar-refractivity contribution in [2.75, 3.05) is 13.6 Å². The summed E-state index contributed by atoms with van der Waals surface area (Å²) in [6.45, 7) is 8.87. The van der Waals surface area contributed by atoms with Crippen LogP contribution in [0.25, 0.3) is 0 Å². The average molecular weight is 553 g/mol. The zero-order chi connectivity index (χ0) is 29.8. The Hall–Kier alpha value is -4.50. The third-order valence-corrected chi connectivity index (χ3v) is 6.11. The molecule has 0 radical (unpaired) electrons. The highest BCUT2D eigenvalue weighted by Gasteiger charge is 2.30. The molecule has 1 aromatic carbocycles. The van der Waals surface area contributed by atoms with E-state index in [9.17, 15) is 24.3 Å². The molecule has 0 saturated carbocycles. The first-order chi connectivity index (χ1) is 18.9. The Morgan fingerprint density at radius 3 is 2.38 bits per heavy atom. The van der Waals surface area contributed by atoms with Crippen LogP contribution in [-0.4, -0.2) is 70.6 Å². The number of aryl methyl sites for hydroxylation is 2. The minimum atomic E-state index is -1.36. The number of unbranched alkanes of at least 4 members (excludes halogenated alkanes) is 1. The van der Waals surface area contributed by atoms with Gasteiger partial charge in [0.15, 0.2) is 5.69 Å². The number of carbonyl (C=O) groups excluding carboxylic acids is 4. The Morgan fingerprint density at radius 2 is 1.80 bits per heavy atom. The number of amides is 4. The van der Waals surface area contributed by atoms with Crippen molar-refractivity contribution in [1.29, 1.82) is 5.26 Å². The van der Waals surface area contributed by atoms with Gasteiger partial charge in [-0.1, -0.05) is 41.6 Å². The summed E-state index contributed by atoms with van der Waals surface area (Å²) >= 11 is 0. The third-order valence-electron chi connectivity index (χ3n) is 6.11. The molecule has 0 aliphatic carbocycles. The van der Waals surface area contributed by atoms with E-state index in [1.807, 2.05) is 31.2 Å². The number of hydrogen-bond acceptors (Lipinski definition) is 8. The normalized spacial score (nSPS) is 12.8. The predicted octanol–water partition coefficient (Wildman–Crippen LogP) is 1.28. The zero-order valence-corrected chi connectivity index (χ0v) is 23.2. The molecular weight excluding hydrogens is 516 g/mol. The van der Waals surface area contributed by atoms with Crippen LogP contribution < -0.4 is 16.0 Å². The second-order valence-electron chi connectivity index (χ2n) is 9.59. The van der Waals surface area contributed by atoms with Crippen LogP contribution in [-0.2, 0) is 20.9 Å². The fraction of sp³-hybridized carbons (Fsp3) is 0.429. The first kappa shape index (κ1) is 31.7. The fourth-order valence-electron chi connectivity index (χ4n) is 3.72. The summed E-state index contributed by atoms with van der Waals surface area (Å²) in [6, 6.07) is 8.38. The van der Waals surface area contributed by atoms with E-state index < -0.39 is 41.8 Å². The number of hydrogen-bond donors (Lipinski definition) is 4. The van der Waals surface area contributed by atoms with E-state index >= 15 is 0 Å². The quantitative estimate of drug-likeness (QED) is 0.154. The van der Waals surface area contributed by atoms with Crippen LogP contribution in [0, 0.1) is 25.2 Å². The van der Waals surface area contributed by atoms with E-state index in [1.165, 1.54) is 17.9 Å². The standard InChI is InChI=1S/C28H36N6O6/c1-17-9-11-21(12-10-17)16-30-25(36)22(8-6-7-13-34(5)28(39)18(2)15-29)31-27(38)24(20(4)35)32-26(37)23-14-19(3)40-33-23/h9-12,14,20,22,24,35H,2,6-8,13,16H2,1,3-5H3,(H,30,36)(H,31,38)(H,32,37)/t20-,22+,24+/m1/s1. The van der Waals surface area contributed by atoms with Crippen LogP contribution in [0.5, 0.6) is 0 Å². The van der Waals surface area contributed by atoms with Crippen molar-refractivity contribution in [3.05, 3.63) is 65.1 Å². The molecule has 40 heavy (non-hydrogen) atoms. The number of nitriles is 1.